The highest BCUT2D eigenvalue weighted by molar-refractivity contribution is 7.90. The van der Waals surface area contributed by atoms with Crippen LogP contribution in [-0.2, 0) is 81.9 Å². The van der Waals surface area contributed by atoms with Crippen LogP contribution in [0.25, 0.3) is 0 Å². The van der Waals surface area contributed by atoms with E-state index < -0.39 is 140 Å². The number of amides is 6. The zero-order chi connectivity index (χ0) is 73.3. The lowest BCUT2D eigenvalue weighted by Gasteiger charge is -2.28. The fourth-order valence-corrected chi connectivity index (χ4v) is 12.1. The highest BCUT2D eigenvalue weighted by atomic mass is 32.2. The van der Waals surface area contributed by atoms with E-state index in [1.165, 1.54) is 0 Å². The maximum absolute atomic E-state index is 15.3. The van der Waals surface area contributed by atoms with Gasteiger partial charge in [-0.25, -0.2) is 17.9 Å². The normalized spacial score (nSPS) is 14.8. The van der Waals surface area contributed by atoms with Gasteiger partial charge < -0.3 is 66.0 Å². The average Bonchev–Trinajstić information content (AvgIpc) is 1.66. The van der Waals surface area contributed by atoms with Crippen LogP contribution < -0.4 is 56.2 Å². The van der Waals surface area contributed by atoms with Crippen LogP contribution in [0.5, 0.6) is 17.2 Å². The molecular weight excluding hydrogens is 1270 g/mol. The molecule has 27 heteroatoms. The third-order valence-electron chi connectivity index (χ3n) is 14.9. The fraction of sp³-hybridized carbons (Fsp3) is 0.600. The summed E-state index contributed by atoms with van der Waals surface area (Å²) in [5.74, 6) is -7.50. The number of sulfonamides is 1. The molecule has 6 amide bonds. The highest BCUT2D eigenvalue weighted by Gasteiger charge is 2.39. The maximum atomic E-state index is 15.3. The first-order valence-electron chi connectivity index (χ1n) is 32.8. The van der Waals surface area contributed by atoms with Gasteiger partial charge in [-0.05, 0) is 195 Å². The summed E-state index contributed by atoms with van der Waals surface area (Å²) in [6, 6.07) is 3.94. The second-order valence-corrected chi connectivity index (χ2v) is 30.8. The summed E-state index contributed by atoms with van der Waals surface area (Å²) in [6.45, 7) is 32.7. The van der Waals surface area contributed by atoms with Crippen molar-refractivity contribution in [3.05, 3.63) is 81.9 Å². The summed E-state index contributed by atoms with van der Waals surface area (Å²) in [4.78, 5) is 125. The summed E-state index contributed by atoms with van der Waals surface area (Å²) in [7, 11) is -4.35. The molecule has 0 aliphatic carbocycles. The molecule has 10 N–H and O–H groups in total. The molecule has 1 aliphatic heterocycles. The van der Waals surface area contributed by atoms with Crippen LogP contribution in [0.3, 0.4) is 0 Å². The van der Waals surface area contributed by atoms with Gasteiger partial charge in [0.15, 0.2) is 0 Å². The van der Waals surface area contributed by atoms with E-state index in [1.54, 1.807) is 111 Å². The van der Waals surface area contributed by atoms with Gasteiger partial charge in [-0.2, -0.15) is 0 Å². The van der Waals surface area contributed by atoms with Crippen molar-refractivity contribution in [3.63, 3.8) is 0 Å². The second-order valence-electron chi connectivity index (χ2n) is 29.2. The number of rotatable bonds is 32. The van der Waals surface area contributed by atoms with Gasteiger partial charge in [0.05, 0.1) is 11.3 Å². The van der Waals surface area contributed by atoms with E-state index in [4.69, 9.17) is 29.1 Å². The molecule has 4 rings (SSSR count). The molecule has 1 heterocycles. The Morgan fingerprint density at radius 2 is 0.990 bits per heavy atom. The number of unbranched alkanes of at least 4 members (excludes halogenated alkanes) is 1. The van der Waals surface area contributed by atoms with Gasteiger partial charge in [-0.3, -0.25) is 43.8 Å². The van der Waals surface area contributed by atoms with E-state index in [0.29, 0.717) is 64.3 Å². The molecule has 0 saturated heterocycles. The van der Waals surface area contributed by atoms with E-state index >= 15 is 9.59 Å². The van der Waals surface area contributed by atoms with Gasteiger partial charge in [0.2, 0.25) is 41.4 Å². The van der Waals surface area contributed by atoms with E-state index in [0.717, 1.165) is 12.5 Å². The Bertz CT molecular complexity index is 3440. The smallest absolute Gasteiger partial charge is 0.326 e. The number of nitrogens with one attached hydrogen (secondary N) is 9. The molecule has 0 saturated carbocycles. The Morgan fingerprint density at radius 3 is 1.44 bits per heavy atom. The molecule has 0 radical (unpaired) electrons. The number of hydrogen-bond donors (Lipinski definition) is 10. The van der Waals surface area contributed by atoms with Crippen LogP contribution in [-0.4, -0.2) is 144 Å². The average molecular weight is 1380 g/mol. The number of carboxylic acid groups (broad SMARTS) is 1. The number of carbonyl (C=O) groups excluding carboxylic acids is 8. The Kier molecular flexibility index (Phi) is 28.5. The minimum atomic E-state index is -4.35. The zero-order valence-corrected chi connectivity index (χ0v) is 60.8. The van der Waals surface area contributed by atoms with Gasteiger partial charge in [0.1, 0.15) is 81.5 Å². The molecule has 538 valence electrons. The van der Waals surface area contributed by atoms with Gasteiger partial charge in [0, 0.05) is 44.7 Å². The topological polar surface area (TPSA) is 374 Å². The number of aliphatic carboxylic acids is 1. The van der Waals surface area contributed by atoms with Crippen molar-refractivity contribution in [2.24, 2.45) is 0 Å². The molecule has 97 heavy (non-hydrogen) atoms. The first-order valence-corrected chi connectivity index (χ1v) is 34.3. The molecular formula is C70H105N9O17S. The first kappa shape index (κ1) is 80.9. The number of esters is 2. The second kappa shape index (κ2) is 34.1. The van der Waals surface area contributed by atoms with E-state index in [9.17, 15) is 47.1 Å². The standard InChI is InChI=1S/C70H105N9O17S/c1-20-21-23-51(64(88)89)75-59(83)49(24-22-35-72-65(71)79-97(90,91)58-41(3)40(2)57-48(42(58)4)39-70(18,19)96-57)74-61(85)52(36-44-25-29-46(30-26-44)92-66(6,7)8)76-62(86)53(37-45-27-31-47(32-28-45)93-67(9,10)11)77-63(87)54(38-56(82)95-69(15,16)17)78-60(84)50(73-43(5)80)33-34-55(81)94-68(12,13)14/h25-32,49-54H,20-24,33-39H2,1-19H3,(H,73,80)(H,74,85)(H,75,83)(H,76,86)(H,77,87)(H,78,84)(H,88,89)(H3,71,72,79)/t49-,50-,51-,52-,53-,54-/m0/s1. The molecule has 0 fully saturated rings. The summed E-state index contributed by atoms with van der Waals surface area (Å²) in [6.07, 6.45) is -0.654. The molecule has 1 aliphatic rings. The summed E-state index contributed by atoms with van der Waals surface area (Å²) in [5.41, 5.74) is -0.422. The third kappa shape index (κ3) is 27.5. The predicted molar refractivity (Wildman–Crippen MR) is 365 cm³/mol. The van der Waals surface area contributed by atoms with Crippen molar-refractivity contribution >= 4 is 69.3 Å². The van der Waals surface area contributed by atoms with Gasteiger partial charge in [0.25, 0.3) is 10.0 Å². The number of carboxylic acids is 1. The lowest BCUT2D eigenvalue weighted by molar-refractivity contribution is -0.157. The van der Waals surface area contributed by atoms with Gasteiger partial charge >= 0.3 is 17.9 Å². The van der Waals surface area contributed by atoms with Crippen molar-refractivity contribution < 1.29 is 80.4 Å². The molecule has 0 aromatic heterocycles. The Morgan fingerprint density at radius 1 is 0.567 bits per heavy atom. The maximum Gasteiger partial charge on any atom is 0.326 e. The number of benzene rings is 3. The number of ether oxygens (including phenoxy) is 5. The van der Waals surface area contributed by atoms with Crippen molar-refractivity contribution in [3.8, 4) is 17.2 Å². The number of hydrogen-bond acceptors (Lipinski definition) is 17. The van der Waals surface area contributed by atoms with Crippen LogP contribution >= 0.6 is 0 Å². The van der Waals surface area contributed by atoms with Crippen LogP contribution in [0.2, 0.25) is 0 Å². The van der Waals surface area contributed by atoms with Gasteiger partial charge in [-0.15, -0.1) is 0 Å². The minimum Gasteiger partial charge on any atom is -0.488 e. The zero-order valence-electron chi connectivity index (χ0n) is 60.0. The van der Waals surface area contributed by atoms with Crippen LogP contribution in [0, 0.1) is 26.2 Å². The van der Waals surface area contributed by atoms with Crippen LogP contribution in [0.4, 0.5) is 0 Å². The Hall–Kier alpha value is -8.49. The first-order chi connectivity index (χ1) is 44.6. The van der Waals surface area contributed by atoms with Crippen molar-refractivity contribution in [1.82, 2.24) is 41.9 Å². The third-order valence-corrected chi connectivity index (χ3v) is 16.5. The molecule has 26 nitrogen and oxygen atoms in total. The number of guanidine groups is 1. The number of fused-ring (bicyclic) bond motifs is 1. The molecule has 0 spiro atoms. The van der Waals surface area contributed by atoms with Crippen molar-refractivity contribution in [1.29, 1.82) is 5.41 Å². The quantitative estimate of drug-likeness (QED) is 0.0133. The largest absolute Gasteiger partial charge is 0.488 e. The predicted octanol–water partition coefficient (Wildman–Crippen LogP) is 6.81. The summed E-state index contributed by atoms with van der Waals surface area (Å²) >= 11 is 0. The molecule has 6 atom stereocenters. The van der Waals surface area contributed by atoms with Gasteiger partial charge in [-0.1, -0.05) is 44.0 Å². The molecule has 0 unspecified atom stereocenters. The van der Waals surface area contributed by atoms with Crippen molar-refractivity contribution in [2.75, 3.05) is 6.54 Å². The minimum absolute atomic E-state index is 0.00559. The lowest BCUT2D eigenvalue weighted by atomic mass is 9.94. The highest BCUT2D eigenvalue weighted by Crippen LogP contribution is 2.44. The van der Waals surface area contributed by atoms with Crippen LogP contribution in [0.15, 0.2) is 53.4 Å². The van der Waals surface area contributed by atoms with E-state index in [1.807, 2.05) is 62.3 Å². The number of carbonyl (C=O) groups is 9. The fourth-order valence-electron chi connectivity index (χ4n) is 10.6. The molecule has 0 bridgehead atoms. The van der Waals surface area contributed by atoms with Crippen molar-refractivity contribution in [2.45, 2.75) is 271 Å². The molecule has 3 aromatic carbocycles. The monoisotopic (exact) mass is 1380 g/mol. The lowest BCUT2D eigenvalue weighted by Crippen LogP contribution is -2.60. The summed E-state index contributed by atoms with van der Waals surface area (Å²) in [5, 5.41) is 37.3. The van der Waals surface area contributed by atoms with Crippen LogP contribution in [0.1, 0.15) is 196 Å². The molecule has 3 aromatic rings. The Labute approximate surface area is 571 Å². The summed E-state index contributed by atoms with van der Waals surface area (Å²) < 4.78 is 59.6. The van der Waals surface area contributed by atoms with E-state index in [-0.39, 0.29) is 56.4 Å². The Balaban J connectivity index is 1.78. The SMILES string of the molecule is CCCC[C@H](NC(=O)[C@H](CCCNC(=N)NS(=O)(=O)c1c(C)c(C)c2c(c1C)CC(C)(C)O2)NC(=O)[C@H](Cc1ccc(OC(C)(C)C)cc1)NC(=O)[C@H](Cc1ccc(OC(C)(C)C)cc1)NC(=O)[C@H](CC(=O)OC(C)(C)C)NC(=O)[C@H](CCC(=O)OC(C)(C)C)NC(C)=O)C(=O)O. The van der Waals surface area contributed by atoms with E-state index in [2.05, 4.69) is 41.9 Å².